The highest BCUT2D eigenvalue weighted by molar-refractivity contribution is 5.79. The fourth-order valence-corrected chi connectivity index (χ4v) is 1.25. The van der Waals surface area contributed by atoms with E-state index >= 15 is 0 Å². The summed E-state index contributed by atoms with van der Waals surface area (Å²) in [7, 11) is 1.34. The first-order valence-corrected chi connectivity index (χ1v) is 5.33. The van der Waals surface area contributed by atoms with Crippen molar-refractivity contribution in [2.45, 2.75) is 51.6 Å². The summed E-state index contributed by atoms with van der Waals surface area (Å²) in [6, 6.07) is 0. The maximum atomic E-state index is 11.3. The molecule has 0 unspecified atom stereocenters. The number of rotatable bonds is 8. The molecule has 4 heteroatoms. The van der Waals surface area contributed by atoms with Crippen molar-refractivity contribution in [1.29, 1.82) is 0 Å². The number of aliphatic hydroxyl groups is 1. The molecule has 4 nitrogen and oxygen atoms in total. The van der Waals surface area contributed by atoms with E-state index < -0.39 is 0 Å². The van der Waals surface area contributed by atoms with Gasteiger partial charge in [0.15, 0.2) is 0 Å². The molecule has 0 rings (SSSR count). The quantitative estimate of drug-likeness (QED) is 0.624. The molecule has 0 saturated heterocycles. The molecule has 0 aromatic carbocycles. The summed E-state index contributed by atoms with van der Waals surface area (Å²) < 4.78 is 4.46. The van der Waals surface area contributed by atoms with Crippen LogP contribution in [0.3, 0.4) is 0 Å². The van der Waals surface area contributed by atoms with E-state index in [1.165, 1.54) is 7.11 Å². The minimum absolute atomic E-state index is 0.152. The van der Waals surface area contributed by atoms with Crippen molar-refractivity contribution in [2.75, 3.05) is 7.11 Å². The Morgan fingerprint density at radius 3 is 2.33 bits per heavy atom. The Bertz CT molecular complexity index is 199. The maximum absolute atomic E-state index is 11.3. The van der Waals surface area contributed by atoms with E-state index in [-0.39, 0.29) is 17.9 Å². The van der Waals surface area contributed by atoms with E-state index in [9.17, 15) is 9.59 Å². The molecule has 1 N–H and O–H groups in total. The number of esters is 1. The number of ether oxygens (including phenoxy) is 1. The number of hydrogen-bond acceptors (Lipinski definition) is 4. The average Bonchev–Trinajstić information content (AvgIpc) is 2.17. The van der Waals surface area contributed by atoms with Crippen LogP contribution in [-0.2, 0) is 14.3 Å². The Balaban J connectivity index is 3.37. The average molecular weight is 216 g/mol. The Morgan fingerprint density at radius 2 is 1.80 bits per heavy atom. The third-order valence-electron chi connectivity index (χ3n) is 2.14. The molecule has 1 atom stereocenters. The topological polar surface area (TPSA) is 63.6 Å². The van der Waals surface area contributed by atoms with Crippen molar-refractivity contribution in [1.82, 2.24) is 0 Å². The molecule has 0 heterocycles. The number of Topliss-reactive ketones (excluding diaryl/α,β-unsaturated/α-hetero) is 1. The normalized spacial score (nSPS) is 12.2. The minimum Gasteiger partial charge on any atom is -0.469 e. The molecule has 0 bridgehead atoms. The number of carbonyl (C=O) groups excluding carboxylic acids is 2. The van der Waals surface area contributed by atoms with Crippen LogP contribution in [0.15, 0.2) is 0 Å². The molecule has 88 valence electrons. The van der Waals surface area contributed by atoms with Crippen molar-refractivity contribution in [3.8, 4) is 0 Å². The summed E-state index contributed by atoms with van der Waals surface area (Å²) in [5, 5.41) is 8.97. The molecular weight excluding hydrogens is 196 g/mol. The largest absolute Gasteiger partial charge is 0.469 e. The Labute approximate surface area is 90.6 Å². The van der Waals surface area contributed by atoms with E-state index in [4.69, 9.17) is 5.11 Å². The molecule has 0 saturated carbocycles. The van der Waals surface area contributed by atoms with Crippen molar-refractivity contribution >= 4 is 11.8 Å². The van der Waals surface area contributed by atoms with Gasteiger partial charge in [0.2, 0.25) is 0 Å². The first-order chi connectivity index (χ1) is 7.06. The van der Waals surface area contributed by atoms with Crippen LogP contribution in [0.25, 0.3) is 0 Å². The second kappa shape index (κ2) is 8.41. The summed E-state index contributed by atoms with van der Waals surface area (Å²) in [6.07, 6.45) is 2.81. The summed E-state index contributed by atoms with van der Waals surface area (Å²) in [5.74, 6) is -0.119. The van der Waals surface area contributed by atoms with Crippen LogP contribution < -0.4 is 0 Å². The van der Waals surface area contributed by atoms with Gasteiger partial charge in [0.25, 0.3) is 0 Å². The molecule has 0 aliphatic rings. The number of ketones is 1. The van der Waals surface area contributed by atoms with Crippen LogP contribution in [0, 0.1) is 0 Å². The van der Waals surface area contributed by atoms with Crippen molar-refractivity contribution in [2.24, 2.45) is 0 Å². The van der Waals surface area contributed by atoms with Crippen LogP contribution in [-0.4, -0.2) is 30.1 Å². The molecule has 0 spiro atoms. The van der Waals surface area contributed by atoms with Gasteiger partial charge in [-0.1, -0.05) is 0 Å². The van der Waals surface area contributed by atoms with Gasteiger partial charge in [0, 0.05) is 19.3 Å². The number of carbonyl (C=O) groups is 2. The molecule has 0 fully saturated rings. The van der Waals surface area contributed by atoms with Crippen LogP contribution in [0.1, 0.15) is 45.4 Å². The number of methoxy groups -OCH3 is 1. The SMILES string of the molecule is COC(=O)CCCC(=O)CCC[C@H](C)O. The lowest BCUT2D eigenvalue weighted by Crippen LogP contribution is -2.05. The highest BCUT2D eigenvalue weighted by atomic mass is 16.5. The summed E-state index contributed by atoms with van der Waals surface area (Å²) in [5.41, 5.74) is 0. The molecule has 0 amide bonds. The maximum Gasteiger partial charge on any atom is 0.305 e. The zero-order valence-electron chi connectivity index (χ0n) is 9.49. The molecule has 0 aromatic rings. The lowest BCUT2D eigenvalue weighted by molar-refractivity contribution is -0.140. The van der Waals surface area contributed by atoms with Crippen molar-refractivity contribution < 1.29 is 19.4 Å². The fraction of sp³-hybridized carbons (Fsp3) is 0.818. The van der Waals surface area contributed by atoms with Gasteiger partial charge in [-0.3, -0.25) is 9.59 Å². The van der Waals surface area contributed by atoms with Gasteiger partial charge in [0.1, 0.15) is 5.78 Å². The molecular formula is C11H20O4. The predicted molar refractivity (Wildman–Crippen MR) is 56.4 cm³/mol. The third-order valence-corrected chi connectivity index (χ3v) is 2.14. The van der Waals surface area contributed by atoms with Gasteiger partial charge in [-0.05, 0) is 26.2 Å². The Kier molecular flexibility index (Phi) is 7.91. The lowest BCUT2D eigenvalue weighted by atomic mass is 10.1. The van der Waals surface area contributed by atoms with Crippen LogP contribution in [0.2, 0.25) is 0 Å². The Hall–Kier alpha value is -0.900. The summed E-state index contributed by atoms with van der Waals surface area (Å²) in [6.45, 7) is 1.71. The van der Waals surface area contributed by atoms with Crippen LogP contribution in [0.4, 0.5) is 0 Å². The van der Waals surface area contributed by atoms with E-state index in [1.807, 2.05) is 0 Å². The second-order valence-electron chi connectivity index (χ2n) is 3.71. The first-order valence-electron chi connectivity index (χ1n) is 5.33. The van der Waals surface area contributed by atoms with Gasteiger partial charge in [0.05, 0.1) is 13.2 Å². The van der Waals surface area contributed by atoms with E-state index in [1.54, 1.807) is 6.92 Å². The van der Waals surface area contributed by atoms with E-state index in [0.717, 1.165) is 0 Å². The zero-order valence-corrected chi connectivity index (χ0v) is 9.49. The standard InChI is InChI=1S/C11H20O4/c1-9(12)5-3-6-10(13)7-4-8-11(14)15-2/h9,12H,3-8H2,1-2H3/t9-/m0/s1. The minimum atomic E-state index is -0.340. The second-order valence-corrected chi connectivity index (χ2v) is 3.71. The first kappa shape index (κ1) is 14.1. The van der Waals surface area contributed by atoms with Crippen LogP contribution >= 0.6 is 0 Å². The monoisotopic (exact) mass is 216 g/mol. The fourth-order valence-electron chi connectivity index (χ4n) is 1.25. The molecule has 0 aromatic heterocycles. The number of hydrogen-bond donors (Lipinski definition) is 1. The predicted octanol–water partition coefficient (Wildman–Crippen LogP) is 1.45. The third kappa shape index (κ3) is 9.41. The van der Waals surface area contributed by atoms with Gasteiger partial charge < -0.3 is 9.84 Å². The van der Waals surface area contributed by atoms with Gasteiger partial charge in [-0.15, -0.1) is 0 Å². The molecule has 0 radical (unpaired) electrons. The van der Waals surface area contributed by atoms with Gasteiger partial charge in [-0.25, -0.2) is 0 Å². The Morgan fingerprint density at radius 1 is 1.20 bits per heavy atom. The molecule has 15 heavy (non-hydrogen) atoms. The smallest absolute Gasteiger partial charge is 0.305 e. The highest BCUT2D eigenvalue weighted by Gasteiger charge is 2.05. The van der Waals surface area contributed by atoms with Gasteiger partial charge in [-0.2, -0.15) is 0 Å². The van der Waals surface area contributed by atoms with Crippen molar-refractivity contribution in [3.63, 3.8) is 0 Å². The molecule has 0 aliphatic heterocycles. The van der Waals surface area contributed by atoms with E-state index in [2.05, 4.69) is 4.74 Å². The zero-order chi connectivity index (χ0) is 11.7. The molecule has 0 aliphatic carbocycles. The highest BCUT2D eigenvalue weighted by Crippen LogP contribution is 2.06. The van der Waals surface area contributed by atoms with E-state index in [0.29, 0.717) is 38.5 Å². The van der Waals surface area contributed by atoms with Crippen LogP contribution in [0.5, 0.6) is 0 Å². The lowest BCUT2D eigenvalue weighted by Gasteiger charge is -2.03. The number of aliphatic hydroxyl groups excluding tert-OH is 1. The summed E-state index contributed by atoms with van der Waals surface area (Å²) in [4.78, 5) is 22.0. The summed E-state index contributed by atoms with van der Waals surface area (Å²) >= 11 is 0. The van der Waals surface area contributed by atoms with Gasteiger partial charge >= 0.3 is 5.97 Å². The van der Waals surface area contributed by atoms with Crippen molar-refractivity contribution in [3.05, 3.63) is 0 Å².